The number of nitrogens with zero attached hydrogens (tertiary/aromatic N) is 1. The molecule has 2 amide bonds. The number of rotatable bonds is 6. The minimum absolute atomic E-state index is 0. The summed E-state index contributed by atoms with van der Waals surface area (Å²) >= 11 is 1.66. The number of halogens is 1. The van der Waals surface area contributed by atoms with E-state index in [0.717, 1.165) is 32.4 Å². The van der Waals surface area contributed by atoms with Crippen LogP contribution in [0, 0.1) is 5.41 Å². The Hall–Kier alpha value is -1.89. The van der Waals surface area contributed by atoms with Crippen molar-refractivity contribution in [3.8, 4) is 0 Å². The Bertz CT molecular complexity index is 850. The van der Waals surface area contributed by atoms with Crippen molar-refractivity contribution in [2.45, 2.75) is 45.2 Å². The number of anilines is 1. The van der Waals surface area contributed by atoms with Gasteiger partial charge in [0.1, 0.15) is 0 Å². The number of carbonyl (C=O) groups is 2. The Morgan fingerprint density at radius 2 is 2.07 bits per heavy atom. The molecule has 2 fully saturated rings. The molecule has 1 aromatic heterocycles. The zero-order valence-corrected chi connectivity index (χ0v) is 18.3. The Labute approximate surface area is 182 Å². The van der Waals surface area contributed by atoms with Gasteiger partial charge in [0.05, 0.1) is 0 Å². The lowest BCUT2D eigenvalue weighted by molar-refractivity contribution is -0.115. The molecule has 1 unspecified atom stereocenters. The van der Waals surface area contributed by atoms with E-state index in [-0.39, 0.29) is 29.6 Å². The fourth-order valence-corrected chi connectivity index (χ4v) is 4.94. The van der Waals surface area contributed by atoms with Crippen LogP contribution in [0.25, 0.3) is 0 Å². The van der Waals surface area contributed by atoms with Crippen LogP contribution in [-0.4, -0.2) is 35.8 Å². The van der Waals surface area contributed by atoms with E-state index in [2.05, 4.69) is 32.4 Å². The van der Waals surface area contributed by atoms with Crippen LogP contribution in [0.4, 0.5) is 5.69 Å². The lowest BCUT2D eigenvalue weighted by atomic mass is 9.93. The van der Waals surface area contributed by atoms with E-state index in [9.17, 15) is 9.59 Å². The van der Waals surface area contributed by atoms with Crippen LogP contribution >= 0.6 is 23.7 Å². The van der Waals surface area contributed by atoms with Crippen molar-refractivity contribution in [2.24, 2.45) is 5.41 Å². The van der Waals surface area contributed by atoms with Crippen LogP contribution in [0.15, 0.2) is 41.1 Å². The molecule has 0 radical (unpaired) electrons. The normalized spacial score (nSPS) is 19.3. The summed E-state index contributed by atoms with van der Waals surface area (Å²) in [4.78, 5) is 27.3. The van der Waals surface area contributed by atoms with Crippen molar-refractivity contribution in [2.75, 3.05) is 18.4 Å². The van der Waals surface area contributed by atoms with Gasteiger partial charge in [-0.1, -0.05) is 13.0 Å². The molecule has 1 saturated heterocycles. The van der Waals surface area contributed by atoms with Crippen molar-refractivity contribution in [3.05, 3.63) is 52.2 Å². The summed E-state index contributed by atoms with van der Waals surface area (Å²) < 4.78 is 0. The van der Waals surface area contributed by atoms with Gasteiger partial charge in [-0.25, -0.2) is 0 Å². The molecule has 7 heteroatoms. The molecule has 1 aromatic carbocycles. The van der Waals surface area contributed by atoms with E-state index >= 15 is 0 Å². The summed E-state index contributed by atoms with van der Waals surface area (Å²) in [6, 6.07) is 9.72. The molecule has 1 aliphatic heterocycles. The number of benzene rings is 1. The van der Waals surface area contributed by atoms with E-state index in [1.807, 2.05) is 25.1 Å². The molecule has 1 saturated carbocycles. The summed E-state index contributed by atoms with van der Waals surface area (Å²) in [6.07, 6.45) is 3.78. The van der Waals surface area contributed by atoms with Gasteiger partial charge >= 0.3 is 0 Å². The number of nitrogens with one attached hydrogen (secondary N) is 2. The largest absolute Gasteiger partial charge is 0.331 e. The quantitative estimate of drug-likeness (QED) is 0.713. The maximum absolute atomic E-state index is 13.5. The van der Waals surface area contributed by atoms with Gasteiger partial charge in [-0.05, 0) is 78.4 Å². The number of hydrogen-bond acceptors (Lipinski definition) is 4. The van der Waals surface area contributed by atoms with Gasteiger partial charge in [0.2, 0.25) is 5.91 Å². The Kier molecular flexibility index (Phi) is 6.98. The highest BCUT2D eigenvalue weighted by molar-refractivity contribution is 7.07. The zero-order valence-electron chi connectivity index (χ0n) is 16.6. The molecule has 5 nitrogen and oxygen atoms in total. The van der Waals surface area contributed by atoms with Crippen molar-refractivity contribution < 1.29 is 9.59 Å². The maximum Gasteiger partial charge on any atom is 0.254 e. The van der Waals surface area contributed by atoms with Gasteiger partial charge < -0.3 is 15.5 Å². The first-order chi connectivity index (χ1) is 13.6. The number of amides is 2. The molecular weight excluding hydrogens is 406 g/mol. The van der Waals surface area contributed by atoms with Crippen LogP contribution in [-0.2, 0) is 11.3 Å². The van der Waals surface area contributed by atoms with Crippen molar-refractivity contribution in [1.82, 2.24) is 10.2 Å². The number of thiophene rings is 1. The average molecular weight is 434 g/mol. The molecule has 2 aromatic rings. The number of hydrogen-bond donors (Lipinski definition) is 2. The molecular formula is C22H28ClN3O2S. The van der Waals surface area contributed by atoms with Crippen molar-refractivity contribution in [1.29, 1.82) is 0 Å². The van der Waals surface area contributed by atoms with Gasteiger partial charge in [-0.3, -0.25) is 9.59 Å². The number of piperidine rings is 1. The van der Waals surface area contributed by atoms with Gasteiger partial charge in [0.25, 0.3) is 5.91 Å². The molecule has 1 atom stereocenters. The van der Waals surface area contributed by atoms with Crippen LogP contribution in [0.1, 0.15) is 48.5 Å². The predicted octanol–water partition coefficient (Wildman–Crippen LogP) is 4.30. The molecule has 29 heavy (non-hydrogen) atoms. The van der Waals surface area contributed by atoms with Crippen LogP contribution in [0.3, 0.4) is 0 Å². The van der Waals surface area contributed by atoms with Gasteiger partial charge in [-0.15, -0.1) is 12.4 Å². The molecule has 1 spiro atoms. The Morgan fingerprint density at radius 1 is 1.28 bits per heavy atom. The Morgan fingerprint density at radius 3 is 2.76 bits per heavy atom. The van der Waals surface area contributed by atoms with Crippen LogP contribution in [0.2, 0.25) is 0 Å². The highest BCUT2D eigenvalue weighted by Gasteiger charge is 2.57. The van der Waals surface area contributed by atoms with Gasteiger partial charge in [0, 0.05) is 30.3 Å². The second-order valence-electron chi connectivity index (χ2n) is 7.88. The summed E-state index contributed by atoms with van der Waals surface area (Å²) in [5.41, 5.74) is 2.79. The summed E-state index contributed by atoms with van der Waals surface area (Å²) in [5.74, 6) is 0.00906. The standard InChI is InChI=1S/C22H27N3O2S.ClH/c1-2-20(26)24-18-5-3-4-17(12-18)21(27)25(14-16-6-11-28-15-16)19-13-22(19)7-9-23-10-8-22;/h3-6,11-12,15,19,23H,2,7-10,13-14H2,1H3,(H,24,26);1H. The smallest absolute Gasteiger partial charge is 0.254 e. The number of carbonyl (C=O) groups excluding carboxylic acids is 2. The minimum atomic E-state index is -0.0458. The van der Waals surface area contributed by atoms with Crippen LogP contribution in [0.5, 0.6) is 0 Å². The summed E-state index contributed by atoms with van der Waals surface area (Å²) in [5, 5.41) is 10.5. The highest BCUT2D eigenvalue weighted by atomic mass is 35.5. The third-order valence-corrected chi connectivity index (χ3v) is 6.76. The van der Waals surface area contributed by atoms with E-state index in [4.69, 9.17) is 0 Å². The lowest BCUT2D eigenvalue weighted by Crippen LogP contribution is -2.39. The SMILES string of the molecule is CCC(=O)Nc1cccc(C(=O)N(Cc2ccsc2)C2CC23CCNCC3)c1.Cl. The second-order valence-corrected chi connectivity index (χ2v) is 8.66. The molecule has 2 heterocycles. The average Bonchev–Trinajstić information content (AvgIpc) is 3.14. The van der Waals surface area contributed by atoms with Gasteiger partial charge in [0.15, 0.2) is 0 Å². The fourth-order valence-electron chi connectivity index (χ4n) is 4.28. The van der Waals surface area contributed by atoms with E-state index < -0.39 is 0 Å². The first-order valence-corrected chi connectivity index (χ1v) is 11.0. The maximum atomic E-state index is 13.5. The van der Waals surface area contributed by atoms with Crippen LogP contribution < -0.4 is 10.6 Å². The van der Waals surface area contributed by atoms with E-state index in [1.54, 1.807) is 17.4 Å². The summed E-state index contributed by atoms with van der Waals surface area (Å²) in [7, 11) is 0. The van der Waals surface area contributed by atoms with Gasteiger partial charge in [-0.2, -0.15) is 11.3 Å². The summed E-state index contributed by atoms with van der Waals surface area (Å²) in [6.45, 7) is 4.54. The van der Waals surface area contributed by atoms with E-state index in [1.165, 1.54) is 5.56 Å². The highest BCUT2D eigenvalue weighted by Crippen LogP contribution is 2.56. The molecule has 4 rings (SSSR count). The first-order valence-electron chi connectivity index (χ1n) is 10.0. The third kappa shape index (κ3) is 4.82. The lowest BCUT2D eigenvalue weighted by Gasteiger charge is -2.29. The molecule has 1 aliphatic carbocycles. The third-order valence-electron chi connectivity index (χ3n) is 6.03. The molecule has 0 bridgehead atoms. The molecule has 156 valence electrons. The second kappa shape index (κ2) is 9.28. The fraction of sp³-hybridized carbons (Fsp3) is 0.455. The topological polar surface area (TPSA) is 61.4 Å². The van der Waals surface area contributed by atoms with Crippen molar-refractivity contribution in [3.63, 3.8) is 0 Å². The van der Waals surface area contributed by atoms with E-state index in [0.29, 0.717) is 30.3 Å². The first kappa shape index (κ1) is 21.8. The minimum Gasteiger partial charge on any atom is -0.331 e. The van der Waals surface area contributed by atoms with Crippen molar-refractivity contribution >= 4 is 41.2 Å². The molecule has 2 aliphatic rings. The monoisotopic (exact) mass is 433 g/mol. The Balaban J connectivity index is 0.00000240. The molecule has 2 N–H and O–H groups in total. The zero-order chi connectivity index (χ0) is 19.6. The predicted molar refractivity (Wildman–Crippen MR) is 120 cm³/mol.